The third-order valence-electron chi connectivity index (χ3n) is 5.17. The van der Waals surface area contributed by atoms with Gasteiger partial charge in [-0.3, -0.25) is 4.79 Å². The Bertz CT molecular complexity index is 1180. The molecule has 0 spiro atoms. The number of rotatable bonds is 5. The highest BCUT2D eigenvalue weighted by Gasteiger charge is 2.29. The SMILES string of the molecule is C[C@@H](OC(=O)c1ccc2c(c1)C[C@H](c1ccccc1)OC2=O)C(=O)Nc1ccccc1F. The van der Waals surface area contributed by atoms with Crippen molar-refractivity contribution in [1.29, 1.82) is 0 Å². The fourth-order valence-electron chi connectivity index (χ4n) is 3.46. The van der Waals surface area contributed by atoms with Crippen LogP contribution in [-0.4, -0.2) is 23.9 Å². The molecule has 0 aromatic heterocycles. The number of fused-ring (bicyclic) bond motifs is 1. The summed E-state index contributed by atoms with van der Waals surface area (Å²) in [5, 5.41) is 2.39. The van der Waals surface area contributed by atoms with Crippen LogP contribution in [0.5, 0.6) is 0 Å². The van der Waals surface area contributed by atoms with E-state index in [4.69, 9.17) is 9.47 Å². The van der Waals surface area contributed by atoms with Crippen LogP contribution in [0.25, 0.3) is 0 Å². The van der Waals surface area contributed by atoms with Crippen molar-refractivity contribution >= 4 is 23.5 Å². The van der Waals surface area contributed by atoms with E-state index in [1.165, 1.54) is 37.3 Å². The summed E-state index contributed by atoms with van der Waals surface area (Å²) in [6.45, 7) is 1.40. The molecule has 0 bridgehead atoms. The summed E-state index contributed by atoms with van der Waals surface area (Å²) in [6.07, 6.45) is -1.19. The van der Waals surface area contributed by atoms with Crippen LogP contribution in [0.1, 0.15) is 44.9 Å². The predicted octanol–water partition coefficient (Wildman–Crippen LogP) is 4.46. The van der Waals surface area contributed by atoms with Gasteiger partial charge in [-0.2, -0.15) is 0 Å². The number of carbonyl (C=O) groups is 3. The first kappa shape index (κ1) is 21.2. The maximum Gasteiger partial charge on any atom is 0.339 e. The van der Waals surface area contributed by atoms with Gasteiger partial charge in [-0.25, -0.2) is 14.0 Å². The Morgan fingerprint density at radius 2 is 1.78 bits per heavy atom. The lowest BCUT2D eigenvalue weighted by atomic mass is 9.93. The van der Waals surface area contributed by atoms with E-state index < -0.39 is 35.9 Å². The highest BCUT2D eigenvalue weighted by molar-refractivity contribution is 5.98. The third-order valence-corrected chi connectivity index (χ3v) is 5.17. The van der Waals surface area contributed by atoms with Gasteiger partial charge in [0.1, 0.15) is 11.9 Å². The van der Waals surface area contributed by atoms with Crippen molar-refractivity contribution in [2.75, 3.05) is 5.32 Å². The van der Waals surface area contributed by atoms with E-state index in [-0.39, 0.29) is 11.3 Å². The Balaban J connectivity index is 1.46. The third kappa shape index (κ3) is 4.51. The van der Waals surface area contributed by atoms with Gasteiger partial charge in [0.15, 0.2) is 6.10 Å². The minimum Gasteiger partial charge on any atom is -0.454 e. The Labute approximate surface area is 184 Å². The van der Waals surface area contributed by atoms with E-state index in [1.54, 1.807) is 12.1 Å². The Hall–Kier alpha value is -4.00. The van der Waals surface area contributed by atoms with Gasteiger partial charge < -0.3 is 14.8 Å². The van der Waals surface area contributed by atoms with Crippen LogP contribution >= 0.6 is 0 Å². The van der Waals surface area contributed by atoms with Crippen LogP contribution in [0.2, 0.25) is 0 Å². The summed E-state index contributed by atoms with van der Waals surface area (Å²) >= 11 is 0. The fraction of sp³-hybridized carbons (Fsp3) is 0.160. The van der Waals surface area contributed by atoms with Crippen molar-refractivity contribution in [3.8, 4) is 0 Å². The molecular formula is C25H20FNO5. The normalized spacial score (nSPS) is 15.8. The molecule has 7 heteroatoms. The first-order chi connectivity index (χ1) is 15.4. The topological polar surface area (TPSA) is 81.7 Å². The number of esters is 2. The van der Waals surface area contributed by atoms with Gasteiger partial charge in [-0.15, -0.1) is 0 Å². The van der Waals surface area contributed by atoms with Crippen LogP contribution in [-0.2, 0) is 20.7 Å². The average molecular weight is 433 g/mol. The second-order valence-electron chi connectivity index (χ2n) is 7.40. The Kier molecular flexibility index (Phi) is 5.98. The number of para-hydroxylation sites is 1. The highest BCUT2D eigenvalue weighted by Crippen LogP contribution is 2.31. The van der Waals surface area contributed by atoms with Crippen LogP contribution in [0.3, 0.4) is 0 Å². The van der Waals surface area contributed by atoms with Gasteiger partial charge in [-0.1, -0.05) is 42.5 Å². The molecule has 4 rings (SSSR count). The zero-order chi connectivity index (χ0) is 22.7. The first-order valence-electron chi connectivity index (χ1n) is 10.1. The molecule has 3 aromatic carbocycles. The lowest BCUT2D eigenvalue weighted by Gasteiger charge is -2.25. The summed E-state index contributed by atoms with van der Waals surface area (Å²) in [6, 6.07) is 19.6. The Morgan fingerprint density at radius 3 is 2.53 bits per heavy atom. The quantitative estimate of drug-likeness (QED) is 0.601. The number of anilines is 1. The minimum atomic E-state index is -1.15. The molecule has 0 radical (unpaired) electrons. The number of amides is 1. The summed E-state index contributed by atoms with van der Waals surface area (Å²) in [5.41, 5.74) is 2.11. The van der Waals surface area contributed by atoms with Crippen LogP contribution in [0.4, 0.5) is 10.1 Å². The molecule has 0 aliphatic carbocycles. The van der Waals surface area contributed by atoms with Crippen LogP contribution < -0.4 is 5.32 Å². The van der Waals surface area contributed by atoms with Crippen molar-refractivity contribution in [2.45, 2.75) is 25.6 Å². The standard InChI is InChI=1S/C25H20FNO5/c1-15(23(28)27-21-10-6-5-9-20(21)26)31-24(29)17-11-12-19-18(13-17)14-22(32-25(19)30)16-7-3-2-4-8-16/h2-13,15,22H,14H2,1H3,(H,27,28)/t15-,22-/m1/s1. The second kappa shape index (κ2) is 9.01. The molecule has 1 amide bonds. The molecule has 1 aliphatic rings. The molecule has 0 fully saturated rings. The molecule has 1 N–H and O–H groups in total. The van der Waals surface area contributed by atoms with Gasteiger partial charge in [0.05, 0.1) is 16.8 Å². The summed E-state index contributed by atoms with van der Waals surface area (Å²) in [5.74, 6) is -2.43. The van der Waals surface area contributed by atoms with Crippen molar-refractivity contribution < 1.29 is 28.2 Å². The predicted molar refractivity (Wildman–Crippen MR) is 115 cm³/mol. The molecule has 32 heavy (non-hydrogen) atoms. The van der Waals surface area contributed by atoms with Crippen molar-refractivity contribution in [3.63, 3.8) is 0 Å². The van der Waals surface area contributed by atoms with E-state index in [0.29, 0.717) is 17.5 Å². The molecule has 0 saturated heterocycles. The number of hydrogen-bond donors (Lipinski definition) is 1. The number of benzene rings is 3. The molecule has 1 aliphatic heterocycles. The van der Waals surface area contributed by atoms with Gasteiger partial charge in [0.25, 0.3) is 5.91 Å². The fourth-order valence-corrected chi connectivity index (χ4v) is 3.46. The number of hydrogen-bond acceptors (Lipinski definition) is 5. The molecule has 162 valence electrons. The molecule has 0 saturated carbocycles. The minimum absolute atomic E-state index is 0.000328. The second-order valence-corrected chi connectivity index (χ2v) is 7.40. The molecule has 3 aromatic rings. The first-order valence-corrected chi connectivity index (χ1v) is 10.1. The maximum absolute atomic E-state index is 13.7. The van der Waals surface area contributed by atoms with Gasteiger partial charge in [0.2, 0.25) is 0 Å². The smallest absolute Gasteiger partial charge is 0.339 e. The van der Waals surface area contributed by atoms with Crippen molar-refractivity contribution in [1.82, 2.24) is 0 Å². The van der Waals surface area contributed by atoms with Crippen molar-refractivity contribution in [2.24, 2.45) is 0 Å². The monoisotopic (exact) mass is 433 g/mol. The lowest BCUT2D eigenvalue weighted by molar-refractivity contribution is -0.123. The summed E-state index contributed by atoms with van der Waals surface area (Å²) < 4.78 is 24.5. The number of carbonyl (C=O) groups excluding carboxylic acids is 3. The van der Waals surface area contributed by atoms with E-state index in [9.17, 15) is 18.8 Å². The molecule has 0 unspecified atom stereocenters. The van der Waals surface area contributed by atoms with Gasteiger partial charge in [-0.05, 0) is 48.4 Å². The highest BCUT2D eigenvalue weighted by atomic mass is 19.1. The number of ether oxygens (including phenoxy) is 2. The Morgan fingerprint density at radius 1 is 1.06 bits per heavy atom. The summed E-state index contributed by atoms with van der Waals surface area (Å²) in [4.78, 5) is 37.3. The number of halogens is 1. The molecule has 2 atom stereocenters. The van der Waals surface area contributed by atoms with Gasteiger partial charge >= 0.3 is 11.9 Å². The van der Waals surface area contributed by atoms with E-state index in [1.807, 2.05) is 30.3 Å². The molecule has 6 nitrogen and oxygen atoms in total. The zero-order valence-corrected chi connectivity index (χ0v) is 17.2. The zero-order valence-electron chi connectivity index (χ0n) is 17.2. The van der Waals surface area contributed by atoms with Crippen LogP contribution in [0.15, 0.2) is 72.8 Å². The average Bonchev–Trinajstić information content (AvgIpc) is 2.80. The number of cyclic esters (lactones) is 1. The van der Waals surface area contributed by atoms with Gasteiger partial charge in [0, 0.05) is 6.42 Å². The lowest BCUT2D eigenvalue weighted by Crippen LogP contribution is -2.30. The summed E-state index contributed by atoms with van der Waals surface area (Å²) in [7, 11) is 0. The molecule has 1 heterocycles. The number of nitrogens with one attached hydrogen (secondary N) is 1. The van der Waals surface area contributed by atoms with E-state index >= 15 is 0 Å². The van der Waals surface area contributed by atoms with E-state index in [0.717, 1.165) is 5.56 Å². The largest absolute Gasteiger partial charge is 0.454 e. The molecular weight excluding hydrogens is 413 g/mol. The van der Waals surface area contributed by atoms with E-state index in [2.05, 4.69) is 5.32 Å². The van der Waals surface area contributed by atoms with Crippen LogP contribution in [0, 0.1) is 5.82 Å². The maximum atomic E-state index is 13.7. The van der Waals surface area contributed by atoms with Crippen molar-refractivity contribution in [3.05, 3.63) is 101 Å².